The van der Waals surface area contributed by atoms with E-state index in [9.17, 15) is 14.7 Å². The van der Waals surface area contributed by atoms with E-state index in [4.69, 9.17) is 23.2 Å². The molecule has 1 aromatic carbocycles. The van der Waals surface area contributed by atoms with E-state index in [1.807, 2.05) is 5.43 Å². The third-order valence-electron chi connectivity index (χ3n) is 1.65. The quantitative estimate of drug-likeness (QED) is 0.419. The number of carbonyl (C=O) groups excluding carboxylic acids is 2. The van der Waals surface area contributed by atoms with Crippen LogP contribution in [0.5, 0.6) is 5.75 Å². The van der Waals surface area contributed by atoms with E-state index in [0.717, 1.165) is 6.21 Å². The van der Waals surface area contributed by atoms with Gasteiger partial charge in [0.25, 0.3) is 0 Å². The molecule has 0 aliphatic heterocycles. The lowest BCUT2D eigenvalue weighted by Gasteiger charge is -2.02. The van der Waals surface area contributed by atoms with E-state index in [1.165, 1.54) is 12.1 Å². The number of halogens is 2. The number of hydrogen-bond acceptors (Lipinski definition) is 4. The summed E-state index contributed by atoms with van der Waals surface area (Å²) in [5, 5.41) is 13.2. The maximum atomic E-state index is 10.7. The first kappa shape index (κ1) is 13.3. The molecule has 8 heteroatoms. The molecule has 17 heavy (non-hydrogen) atoms. The Morgan fingerprint density at radius 1 is 1.41 bits per heavy atom. The first-order chi connectivity index (χ1) is 7.91. The molecule has 0 aliphatic carbocycles. The Kier molecular flexibility index (Phi) is 4.30. The van der Waals surface area contributed by atoms with Gasteiger partial charge in [-0.1, -0.05) is 23.2 Å². The molecule has 0 saturated carbocycles. The van der Waals surface area contributed by atoms with E-state index >= 15 is 0 Å². The lowest BCUT2D eigenvalue weighted by atomic mass is 10.2. The van der Waals surface area contributed by atoms with Crippen molar-refractivity contribution in [1.29, 1.82) is 0 Å². The summed E-state index contributed by atoms with van der Waals surface area (Å²) in [5.74, 6) is -2.49. The number of aromatic hydroxyl groups is 1. The normalized spacial score (nSPS) is 10.5. The molecular weight excluding hydrogens is 269 g/mol. The number of rotatable bonds is 2. The van der Waals surface area contributed by atoms with Crippen LogP contribution in [0.3, 0.4) is 0 Å². The highest BCUT2D eigenvalue weighted by molar-refractivity contribution is 6.36. The second kappa shape index (κ2) is 5.51. The lowest BCUT2D eigenvalue weighted by Crippen LogP contribution is -2.32. The van der Waals surface area contributed by atoms with Crippen LogP contribution in [-0.2, 0) is 9.59 Å². The summed E-state index contributed by atoms with van der Waals surface area (Å²) in [6.45, 7) is 0. The number of nitrogens with two attached hydrogens (primary N) is 1. The van der Waals surface area contributed by atoms with Gasteiger partial charge in [-0.25, -0.2) is 5.43 Å². The van der Waals surface area contributed by atoms with Crippen LogP contribution in [0.25, 0.3) is 0 Å². The lowest BCUT2D eigenvalue weighted by molar-refractivity contribution is -0.137. The monoisotopic (exact) mass is 275 g/mol. The Balaban J connectivity index is 2.85. The van der Waals surface area contributed by atoms with Gasteiger partial charge in [0.05, 0.1) is 11.2 Å². The number of nitrogens with one attached hydrogen (secondary N) is 1. The number of amides is 2. The SMILES string of the molecule is NC(=O)C(=O)N/N=C/c1cc(Cl)cc(Cl)c1O. The Morgan fingerprint density at radius 2 is 2.06 bits per heavy atom. The van der Waals surface area contributed by atoms with Crippen molar-refractivity contribution in [1.82, 2.24) is 5.43 Å². The van der Waals surface area contributed by atoms with Gasteiger partial charge in [0.15, 0.2) is 0 Å². The van der Waals surface area contributed by atoms with Gasteiger partial charge in [-0.2, -0.15) is 5.10 Å². The molecule has 4 N–H and O–H groups in total. The van der Waals surface area contributed by atoms with Crippen LogP contribution in [0.1, 0.15) is 5.56 Å². The van der Waals surface area contributed by atoms with Gasteiger partial charge in [0.1, 0.15) is 5.75 Å². The molecule has 0 aromatic heterocycles. The van der Waals surface area contributed by atoms with E-state index < -0.39 is 11.8 Å². The van der Waals surface area contributed by atoms with Gasteiger partial charge in [-0.15, -0.1) is 0 Å². The van der Waals surface area contributed by atoms with Gasteiger partial charge < -0.3 is 10.8 Å². The summed E-state index contributed by atoms with van der Waals surface area (Å²) in [5.41, 5.74) is 6.72. The third-order valence-corrected chi connectivity index (χ3v) is 2.16. The fourth-order valence-corrected chi connectivity index (χ4v) is 1.41. The fraction of sp³-hybridized carbons (Fsp3) is 0. The zero-order valence-electron chi connectivity index (χ0n) is 8.28. The van der Waals surface area contributed by atoms with E-state index in [2.05, 4.69) is 10.8 Å². The number of primary amides is 1. The van der Waals surface area contributed by atoms with Gasteiger partial charge in [0.2, 0.25) is 0 Å². The minimum atomic E-state index is -1.17. The van der Waals surface area contributed by atoms with Crippen LogP contribution in [0, 0.1) is 0 Å². The van der Waals surface area contributed by atoms with Crippen molar-refractivity contribution >= 4 is 41.2 Å². The number of benzene rings is 1. The molecule has 0 unspecified atom stereocenters. The minimum Gasteiger partial charge on any atom is -0.506 e. The second-order valence-corrected chi connectivity index (χ2v) is 3.73. The molecule has 6 nitrogen and oxygen atoms in total. The molecule has 0 saturated heterocycles. The predicted octanol–water partition coefficient (Wildman–Crippen LogP) is 0.634. The van der Waals surface area contributed by atoms with Crippen LogP contribution in [0.2, 0.25) is 10.0 Å². The summed E-state index contributed by atoms with van der Waals surface area (Å²) in [4.78, 5) is 21.1. The molecule has 0 spiro atoms. The second-order valence-electron chi connectivity index (χ2n) is 2.89. The van der Waals surface area contributed by atoms with Crippen LogP contribution >= 0.6 is 23.2 Å². The molecule has 0 atom stereocenters. The standard InChI is InChI=1S/C9H7Cl2N3O3/c10-5-1-4(7(15)6(11)2-5)3-13-14-9(17)8(12)16/h1-3,15H,(H2,12,16)(H,14,17)/b13-3+. The molecule has 90 valence electrons. The smallest absolute Gasteiger partial charge is 0.329 e. The summed E-state index contributed by atoms with van der Waals surface area (Å²) < 4.78 is 0. The van der Waals surface area contributed by atoms with Gasteiger partial charge >= 0.3 is 11.8 Å². The molecule has 0 bridgehead atoms. The van der Waals surface area contributed by atoms with Crippen molar-refractivity contribution < 1.29 is 14.7 Å². The average Bonchev–Trinajstić information content (AvgIpc) is 2.24. The summed E-state index contributed by atoms with van der Waals surface area (Å²) in [6.07, 6.45) is 1.08. The third kappa shape index (κ3) is 3.61. The maximum absolute atomic E-state index is 10.7. The molecule has 0 fully saturated rings. The fourth-order valence-electron chi connectivity index (χ4n) is 0.900. The highest BCUT2D eigenvalue weighted by Gasteiger charge is 2.08. The van der Waals surface area contributed by atoms with Gasteiger partial charge in [-0.05, 0) is 12.1 Å². The highest BCUT2D eigenvalue weighted by atomic mass is 35.5. The number of phenolic OH excluding ortho intramolecular Hbond substituents is 1. The molecule has 2 amide bonds. The first-order valence-electron chi connectivity index (χ1n) is 4.22. The number of hydrogen-bond donors (Lipinski definition) is 3. The Bertz CT molecular complexity index is 503. The van der Waals surface area contributed by atoms with Crippen molar-refractivity contribution in [3.8, 4) is 5.75 Å². The Morgan fingerprint density at radius 3 is 2.65 bits per heavy atom. The maximum Gasteiger partial charge on any atom is 0.329 e. The van der Waals surface area contributed by atoms with Gasteiger partial charge in [-0.3, -0.25) is 9.59 Å². The summed E-state index contributed by atoms with van der Waals surface area (Å²) >= 11 is 11.3. The number of nitrogens with zero attached hydrogens (tertiary/aromatic N) is 1. The first-order valence-corrected chi connectivity index (χ1v) is 4.98. The zero-order chi connectivity index (χ0) is 13.0. The van der Waals surface area contributed by atoms with Crippen LogP contribution < -0.4 is 11.2 Å². The Labute approximate surface area is 106 Å². The topological polar surface area (TPSA) is 105 Å². The van der Waals surface area contributed by atoms with Gasteiger partial charge in [0, 0.05) is 10.6 Å². The van der Waals surface area contributed by atoms with Crippen LogP contribution in [0.15, 0.2) is 17.2 Å². The molecule has 0 aliphatic rings. The molecule has 0 heterocycles. The van der Waals surface area contributed by atoms with Crippen LogP contribution in [0.4, 0.5) is 0 Å². The molecule has 1 aromatic rings. The number of phenols is 1. The Hall–Kier alpha value is -1.79. The summed E-state index contributed by atoms with van der Waals surface area (Å²) in [7, 11) is 0. The average molecular weight is 276 g/mol. The molecule has 0 radical (unpaired) electrons. The van der Waals surface area contributed by atoms with Crippen molar-refractivity contribution in [3.63, 3.8) is 0 Å². The largest absolute Gasteiger partial charge is 0.506 e. The van der Waals surface area contributed by atoms with E-state index in [0.29, 0.717) is 0 Å². The van der Waals surface area contributed by atoms with Crippen molar-refractivity contribution in [2.75, 3.05) is 0 Å². The minimum absolute atomic E-state index is 0.0418. The van der Waals surface area contributed by atoms with Crippen molar-refractivity contribution in [2.45, 2.75) is 0 Å². The van der Waals surface area contributed by atoms with Crippen molar-refractivity contribution in [3.05, 3.63) is 27.7 Å². The molecule has 1 rings (SSSR count). The van der Waals surface area contributed by atoms with Crippen LogP contribution in [-0.4, -0.2) is 23.1 Å². The summed E-state index contributed by atoms with van der Waals surface area (Å²) in [6, 6.07) is 2.72. The molecular formula is C9H7Cl2N3O3. The number of hydrazone groups is 1. The van der Waals surface area contributed by atoms with E-state index in [-0.39, 0.29) is 21.4 Å². The zero-order valence-corrected chi connectivity index (χ0v) is 9.79. The highest BCUT2D eigenvalue weighted by Crippen LogP contribution is 2.29. The van der Waals surface area contributed by atoms with Crippen molar-refractivity contribution in [2.24, 2.45) is 10.8 Å². The number of carbonyl (C=O) groups is 2. The predicted molar refractivity (Wildman–Crippen MR) is 63.1 cm³/mol. The van der Waals surface area contributed by atoms with E-state index in [1.54, 1.807) is 0 Å².